The molecule has 19 heavy (non-hydrogen) atoms. The van der Waals surface area contributed by atoms with Gasteiger partial charge < -0.3 is 9.73 Å². The number of fused-ring (bicyclic) bond motifs is 1. The SMILES string of the molecule is CCCNC(C)CCCn1c(=O)oc2ccccc21. The van der Waals surface area contributed by atoms with Crippen LogP contribution in [0.3, 0.4) is 0 Å². The maximum Gasteiger partial charge on any atom is 0.419 e. The number of para-hydroxylation sites is 2. The zero-order chi connectivity index (χ0) is 13.7. The van der Waals surface area contributed by atoms with E-state index in [1.807, 2.05) is 24.3 Å². The van der Waals surface area contributed by atoms with Gasteiger partial charge in [0.2, 0.25) is 0 Å². The monoisotopic (exact) mass is 262 g/mol. The molecule has 0 fully saturated rings. The fourth-order valence-electron chi connectivity index (χ4n) is 2.27. The van der Waals surface area contributed by atoms with E-state index in [1.54, 1.807) is 4.57 Å². The molecule has 2 rings (SSSR count). The highest BCUT2D eigenvalue weighted by molar-refractivity contribution is 5.72. The standard InChI is InChI=1S/C15H22N2O2/c1-3-10-16-12(2)7-6-11-17-13-8-4-5-9-14(13)19-15(17)18/h4-5,8-9,12,16H,3,6-7,10-11H2,1-2H3. The zero-order valence-electron chi connectivity index (χ0n) is 11.7. The van der Waals surface area contributed by atoms with Gasteiger partial charge in [-0.25, -0.2) is 4.79 Å². The second-order valence-corrected chi connectivity index (χ2v) is 4.98. The van der Waals surface area contributed by atoms with Crippen molar-refractivity contribution in [1.82, 2.24) is 9.88 Å². The van der Waals surface area contributed by atoms with E-state index in [4.69, 9.17) is 4.42 Å². The summed E-state index contributed by atoms with van der Waals surface area (Å²) in [5.74, 6) is -0.254. The van der Waals surface area contributed by atoms with Crippen LogP contribution in [0.15, 0.2) is 33.5 Å². The number of oxazole rings is 1. The number of hydrogen-bond acceptors (Lipinski definition) is 3. The van der Waals surface area contributed by atoms with Crippen LogP contribution in [0.4, 0.5) is 0 Å². The topological polar surface area (TPSA) is 47.2 Å². The zero-order valence-corrected chi connectivity index (χ0v) is 11.7. The van der Waals surface area contributed by atoms with Crippen molar-refractivity contribution in [3.63, 3.8) is 0 Å². The quantitative estimate of drug-likeness (QED) is 0.834. The molecular weight excluding hydrogens is 240 g/mol. The molecule has 1 aromatic carbocycles. The lowest BCUT2D eigenvalue weighted by molar-refractivity contribution is 0.454. The van der Waals surface area contributed by atoms with Gasteiger partial charge in [-0.15, -0.1) is 0 Å². The Labute approximate surface area is 113 Å². The molecule has 1 heterocycles. The Morgan fingerprint density at radius 3 is 2.95 bits per heavy atom. The second kappa shape index (κ2) is 6.57. The van der Waals surface area contributed by atoms with Gasteiger partial charge >= 0.3 is 5.76 Å². The van der Waals surface area contributed by atoms with Crippen molar-refractivity contribution in [1.29, 1.82) is 0 Å². The van der Waals surface area contributed by atoms with Crippen LogP contribution in [0.2, 0.25) is 0 Å². The lowest BCUT2D eigenvalue weighted by Crippen LogP contribution is -2.27. The van der Waals surface area contributed by atoms with Crippen LogP contribution in [0.5, 0.6) is 0 Å². The minimum atomic E-state index is -0.254. The van der Waals surface area contributed by atoms with Crippen LogP contribution in [-0.4, -0.2) is 17.2 Å². The molecule has 1 N–H and O–H groups in total. The Kier molecular flexibility index (Phi) is 4.80. The van der Waals surface area contributed by atoms with Crippen molar-refractivity contribution in [2.45, 2.75) is 45.7 Å². The maximum atomic E-state index is 11.8. The summed E-state index contributed by atoms with van der Waals surface area (Å²) < 4.78 is 6.94. The number of aryl methyl sites for hydroxylation is 1. The molecule has 104 valence electrons. The molecular formula is C15H22N2O2. The van der Waals surface area contributed by atoms with Gasteiger partial charge in [-0.05, 0) is 44.9 Å². The molecule has 0 saturated carbocycles. The van der Waals surface area contributed by atoms with Gasteiger partial charge in [-0.1, -0.05) is 19.1 Å². The first-order valence-corrected chi connectivity index (χ1v) is 7.04. The van der Waals surface area contributed by atoms with Gasteiger partial charge in [-0.2, -0.15) is 0 Å². The van der Waals surface area contributed by atoms with Crippen molar-refractivity contribution < 1.29 is 4.42 Å². The Morgan fingerprint density at radius 1 is 1.37 bits per heavy atom. The molecule has 1 atom stereocenters. The normalized spacial score (nSPS) is 12.9. The molecule has 2 aromatic rings. The van der Waals surface area contributed by atoms with Gasteiger partial charge in [0.15, 0.2) is 5.58 Å². The predicted octanol–water partition coefficient (Wildman–Crippen LogP) is 2.76. The largest absolute Gasteiger partial charge is 0.419 e. The van der Waals surface area contributed by atoms with Crippen LogP contribution >= 0.6 is 0 Å². The summed E-state index contributed by atoms with van der Waals surface area (Å²) in [5.41, 5.74) is 1.56. The number of rotatable bonds is 7. The third-order valence-corrected chi connectivity index (χ3v) is 3.34. The van der Waals surface area contributed by atoms with Crippen molar-refractivity contribution in [3.8, 4) is 0 Å². The lowest BCUT2D eigenvalue weighted by Gasteiger charge is -2.12. The number of nitrogens with one attached hydrogen (secondary N) is 1. The van der Waals surface area contributed by atoms with E-state index in [2.05, 4.69) is 19.2 Å². The molecule has 0 aliphatic heterocycles. The first-order valence-electron chi connectivity index (χ1n) is 7.04. The van der Waals surface area contributed by atoms with Crippen LogP contribution in [0.25, 0.3) is 11.1 Å². The summed E-state index contributed by atoms with van der Waals surface area (Å²) in [7, 11) is 0. The maximum absolute atomic E-state index is 11.8. The summed E-state index contributed by atoms with van der Waals surface area (Å²) in [4.78, 5) is 11.8. The number of aromatic nitrogens is 1. The number of benzene rings is 1. The molecule has 0 amide bonds. The molecule has 0 saturated heterocycles. The lowest BCUT2D eigenvalue weighted by atomic mass is 10.2. The number of nitrogens with zero attached hydrogens (tertiary/aromatic N) is 1. The Hall–Kier alpha value is -1.55. The minimum absolute atomic E-state index is 0.254. The first-order chi connectivity index (χ1) is 9.22. The van der Waals surface area contributed by atoms with Crippen LogP contribution < -0.4 is 11.1 Å². The third kappa shape index (κ3) is 3.47. The Balaban J connectivity index is 1.95. The number of hydrogen-bond donors (Lipinski definition) is 1. The molecule has 1 unspecified atom stereocenters. The molecule has 0 aliphatic carbocycles. The summed E-state index contributed by atoms with van der Waals surface area (Å²) >= 11 is 0. The van der Waals surface area contributed by atoms with Crippen molar-refractivity contribution in [2.75, 3.05) is 6.54 Å². The average Bonchev–Trinajstić information content (AvgIpc) is 2.73. The Bertz CT molecular complexity index is 571. The van der Waals surface area contributed by atoms with Gasteiger partial charge in [0.1, 0.15) is 0 Å². The highest BCUT2D eigenvalue weighted by atomic mass is 16.4. The summed E-state index contributed by atoms with van der Waals surface area (Å²) in [6.07, 6.45) is 3.18. The van der Waals surface area contributed by atoms with E-state index in [-0.39, 0.29) is 5.76 Å². The van der Waals surface area contributed by atoms with Gasteiger partial charge in [0, 0.05) is 12.6 Å². The van der Waals surface area contributed by atoms with Crippen molar-refractivity contribution in [3.05, 3.63) is 34.8 Å². The second-order valence-electron chi connectivity index (χ2n) is 4.98. The average molecular weight is 262 g/mol. The molecule has 4 nitrogen and oxygen atoms in total. The van der Waals surface area contributed by atoms with Crippen LogP contribution in [-0.2, 0) is 6.54 Å². The van der Waals surface area contributed by atoms with E-state index in [1.165, 1.54) is 0 Å². The van der Waals surface area contributed by atoms with E-state index in [0.29, 0.717) is 18.2 Å². The van der Waals surface area contributed by atoms with Gasteiger partial charge in [-0.3, -0.25) is 4.57 Å². The van der Waals surface area contributed by atoms with E-state index >= 15 is 0 Å². The molecule has 0 aliphatic rings. The minimum Gasteiger partial charge on any atom is -0.408 e. The summed E-state index contributed by atoms with van der Waals surface area (Å²) in [6, 6.07) is 8.07. The first kappa shape index (κ1) is 13.9. The highest BCUT2D eigenvalue weighted by Gasteiger charge is 2.08. The fourth-order valence-corrected chi connectivity index (χ4v) is 2.27. The van der Waals surface area contributed by atoms with E-state index in [9.17, 15) is 4.79 Å². The van der Waals surface area contributed by atoms with Crippen molar-refractivity contribution in [2.24, 2.45) is 0 Å². The molecule has 0 bridgehead atoms. The highest BCUT2D eigenvalue weighted by Crippen LogP contribution is 2.12. The molecule has 1 aromatic heterocycles. The van der Waals surface area contributed by atoms with E-state index in [0.717, 1.165) is 31.3 Å². The van der Waals surface area contributed by atoms with E-state index < -0.39 is 0 Å². The molecule has 0 radical (unpaired) electrons. The fraction of sp³-hybridized carbons (Fsp3) is 0.533. The predicted molar refractivity (Wildman–Crippen MR) is 77.5 cm³/mol. The summed E-state index contributed by atoms with van der Waals surface area (Å²) in [5, 5.41) is 3.45. The van der Waals surface area contributed by atoms with Crippen LogP contribution in [0, 0.1) is 0 Å². The summed E-state index contributed by atoms with van der Waals surface area (Å²) in [6.45, 7) is 6.12. The Morgan fingerprint density at radius 2 is 2.16 bits per heavy atom. The van der Waals surface area contributed by atoms with Crippen LogP contribution in [0.1, 0.15) is 33.1 Å². The molecule has 0 spiro atoms. The molecule has 4 heteroatoms. The van der Waals surface area contributed by atoms with Gasteiger partial charge in [0.05, 0.1) is 5.52 Å². The smallest absolute Gasteiger partial charge is 0.408 e. The third-order valence-electron chi connectivity index (χ3n) is 3.34. The van der Waals surface area contributed by atoms with Gasteiger partial charge in [0.25, 0.3) is 0 Å². The van der Waals surface area contributed by atoms with Crippen molar-refractivity contribution >= 4 is 11.1 Å².